The van der Waals surface area contributed by atoms with Crippen LogP contribution in [0.2, 0.25) is 0 Å². The molecule has 2 aliphatic heterocycles. The fraction of sp³-hybridized carbons (Fsp3) is 0.500. The molecule has 1 saturated heterocycles. The first-order valence-corrected chi connectivity index (χ1v) is 16.6. The monoisotopic (exact) mass is 630 g/mol. The molecule has 0 aliphatic carbocycles. The molecule has 0 saturated carbocycles. The highest BCUT2D eigenvalue weighted by molar-refractivity contribution is 5.51. The third-order valence-corrected chi connectivity index (χ3v) is 8.79. The third-order valence-electron chi connectivity index (χ3n) is 8.79. The molecule has 0 aromatic heterocycles. The fourth-order valence-corrected chi connectivity index (χ4v) is 5.92. The standard InChI is InChI=1S/C40H54O6/c1-25(2)9-13-29-19-35-34(36(20-29)46-39-38(42)40(43,23-41)24-44-39)22-33(16-12-28(7)8)37(45-35)32-18-17-30(14-10-26(3)4)31(21-32)15-11-27(5)6/h9-12,17-21,33,37-39,41-43H,13-16,22-24H2,1-8H3/t33-,37-,38+,39+,40-/m1/s1. The summed E-state index contributed by atoms with van der Waals surface area (Å²) in [6.45, 7) is 16.1. The lowest BCUT2D eigenvalue weighted by Crippen LogP contribution is -2.48. The maximum atomic E-state index is 10.8. The zero-order chi connectivity index (χ0) is 33.6. The summed E-state index contributed by atoms with van der Waals surface area (Å²) in [6.07, 6.45) is 10.4. The Morgan fingerprint density at radius 3 is 2.09 bits per heavy atom. The van der Waals surface area contributed by atoms with Gasteiger partial charge >= 0.3 is 0 Å². The molecular formula is C40H54O6. The number of hydrogen-bond donors (Lipinski definition) is 3. The number of rotatable bonds is 12. The number of aliphatic hydroxyl groups excluding tert-OH is 2. The van der Waals surface area contributed by atoms with Crippen molar-refractivity contribution in [2.24, 2.45) is 5.92 Å². The molecule has 2 aromatic rings. The van der Waals surface area contributed by atoms with Gasteiger partial charge in [0.25, 0.3) is 0 Å². The second-order valence-electron chi connectivity index (χ2n) is 14.1. The molecule has 250 valence electrons. The summed E-state index contributed by atoms with van der Waals surface area (Å²) in [5.41, 5.74) is 9.05. The minimum atomic E-state index is -1.76. The van der Waals surface area contributed by atoms with Crippen molar-refractivity contribution in [3.05, 3.63) is 105 Å². The van der Waals surface area contributed by atoms with Gasteiger partial charge in [0.2, 0.25) is 6.29 Å². The number of fused-ring (bicyclic) bond motifs is 1. The lowest BCUT2D eigenvalue weighted by atomic mass is 9.82. The number of hydrogen-bond acceptors (Lipinski definition) is 6. The van der Waals surface area contributed by atoms with Crippen molar-refractivity contribution in [1.82, 2.24) is 0 Å². The van der Waals surface area contributed by atoms with Crippen molar-refractivity contribution in [1.29, 1.82) is 0 Å². The Kier molecular flexibility index (Phi) is 12.1. The van der Waals surface area contributed by atoms with Gasteiger partial charge in [-0.3, -0.25) is 0 Å². The highest BCUT2D eigenvalue weighted by Gasteiger charge is 2.49. The van der Waals surface area contributed by atoms with E-state index < -0.39 is 24.6 Å². The van der Waals surface area contributed by atoms with Crippen molar-refractivity contribution in [2.75, 3.05) is 13.2 Å². The molecule has 4 rings (SSSR count). The van der Waals surface area contributed by atoms with Crippen molar-refractivity contribution in [2.45, 2.75) is 112 Å². The minimum Gasteiger partial charge on any atom is -0.485 e. The van der Waals surface area contributed by atoms with E-state index in [4.69, 9.17) is 14.2 Å². The van der Waals surface area contributed by atoms with Gasteiger partial charge < -0.3 is 29.5 Å². The molecule has 46 heavy (non-hydrogen) atoms. The molecule has 5 atom stereocenters. The Labute approximate surface area is 276 Å². The van der Waals surface area contributed by atoms with E-state index in [1.54, 1.807) is 0 Å². The molecule has 6 nitrogen and oxygen atoms in total. The quantitative estimate of drug-likeness (QED) is 0.209. The topological polar surface area (TPSA) is 88.4 Å². The van der Waals surface area contributed by atoms with Gasteiger partial charge in [-0.2, -0.15) is 0 Å². The van der Waals surface area contributed by atoms with Crippen LogP contribution in [-0.2, 0) is 30.4 Å². The van der Waals surface area contributed by atoms with Gasteiger partial charge in [0, 0.05) is 11.5 Å². The van der Waals surface area contributed by atoms with Gasteiger partial charge in [-0.15, -0.1) is 0 Å². The second kappa shape index (κ2) is 15.6. The Hall–Kier alpha value is -3.16. The van der Waals surface area contributed by atoms with Crippen molar-refractivity contribution < 1.29 is 29.5 Å². The summed E-state index contributed by atoms with van der Waals surface area (Å²) in [6, 6.07) is 10.9. The van der Waals surface area contributed by atoms with Gasteiger partial charge in [0.1, 0.15) is 29.3 Å². The van der Waals surface area contributed by atoms with Crippen LogP contribution in [0, 0.1) is 5.92 Å². The van der Waals surface area contributed by atoms with Crippen LogP contribution in [0.3, 0.4) is 0 Å². The molecule has 0 spiro atoms. The van der Waals surface area contributed by atoms with Gasteiger partial charge in [0.15, 0.2) is 0 Å². The van der Waals surface area contributed by atoms with E-state index in [9.17, 15) is 15.3 Å². The Balaban J connectivity index is 1.78. The molecule has 2 heterocycles. The smallest absolute Gasteiger partial charge is 0.229 e. The average Bonchev–Trinajstić information content (AvgIpc) is 3.29. The molecule has 0 radical (unpaired) electrons. The summed E-state index contributed by atoms with van der Waals surface area (Å²) in [4.78, 5) is 0. The van der Waals surface area contributed by atoms with Gasteiger partial charge in [-0.05, 0) is 122 Å². The first-order valence-electron chi connectivity index (χ1n) is 16.6. The van der Waals surface area contributed by atoms with E-state index in [1.165, 1.54) is 33.4 Å². The Morgan fingerprint density at radius 1 is 0.848 bits per heavy atom. The zero-order valence-electron chi connectivity index (χ0n) is 29.0. The van der Waals surface area contributed by atoms with Crippen LogP contribution in [-0.4, -0.2) is 46.5 Å². The van der Waals surface area contributed by atoms with E-state index in [2.05, 4.69) is 104 Å². The Bertz CT molecular complexity index is 1480. The van der Waals surface area contributed by atoms with Gasteiger partial charge in [-0.25, -0.2) is 0 Å². The van der Waals surface area contributed by atoms with Gasteiger partial charge in [0.05, 0.1) is 13.2 Å². The molecule has 6 heteroatoms. The summed E-state index contributed by atoms with van der Waals surface area (Å²) in [7, 11) is 0. The molecule has 3 N–H and O–H groups in total. The summed E-state index contributed by atoms with van der Waals surface area (Å²) < 4.78 is 18.9. The largest absolute Gasteiger partial charge is 0.485 e. The number of aliphatic hydroxyl groups is 3. The predicted octanol–water partition coefficient (Wildman–Crippen LogP) is 7.68. The van der Waals surface area contributed by atoms with E-state index in [-0.39, 0.29) is 18.6 Å². The van der Waals surface area contributed by atoms with E-state index in [1.807, 2.05) is 6.07 Å². The fourth-order valence-electron chi connectivity index (χ4n) is 5.92. The van der Waals surface area contributed by atoms with Crippen LogP contribution < -0.4 is 9.47 Å². The van der Waals surface area contributed by atoms with Crippen LogP contribution in [0.1, 0.15) is 95.7 Å². The van der Waals surface area contributed by atoms with Crippen molar-refractivity contribution in [3.8, 4) is 11.5 Å². The van der Waals surface area contributed by atoms with E-state index in [0.717, 1.165) is 41.7 Å². The normalized spacial score (nSPS) is 23.5. The van der Waals surface area contributed by atoms with E-state index in [0.29, 0.717) is 18.6 Å². The number of allylic oxidation sites excluding steroid dienone is 8. The maximum Gasteiger partial charge on any atom is 0.229 e. The minimum absolute atomic E-state index is 0.136. The molecule has 0 bridgehead atoms. The molecule has 0 unspecified atom stereocenters. The van der Waals surface area contributed by atoms with Gasteiger partial charge in [-0.1, -0.05) is 64.8 Å². The van der Waals surface area contributed by atoms with Crippen LogP contribution in [0.25, 0.3) is 0 Å². The Morgan fingerprint density at radius 2 is 1.48 bits per heavy atom. The zero-order valence-corrected chi connectivity index (χ0v) is 29.0. The average molecular weight is 631 g/mol. The van der Waals surface area contributed by atoms with Crippen LogP contribution in [0.15, 0.2) is 76.9 Å². The molecule has 0 amide bonds. The molecule has 2 aromatic carbocycles. The lowest BCUT2D eigenvalue weighted by molar-refractivity contribution is -0.116. The summed E-state index contributed by atoms with van der Waals surface area (Å²) in [5, 5.41) is 31.1. The maximum absolute atomic E-state index is 10.8. The molecule has 1 fully saturated rings. The second-order valence-corrected chi connectivity index (χ2v) is 14.1. The highest BCUT2D eigenvalue weighted by Crippen LogP contribution is 2.46. The number of ether oxygens (including phenoxy) is 3. The SMILES string of the molecule is CC(C)=CCc1cc(O[C@@H]2OC[C@](O)(CO)[C@H]2O)c2c(c1)O[C@H](c1ccc(CC=C(C)C)c(CC=C(C)C)c1)[C@H](CC=C(C)C)C2. The first-order chi connectivity index (χ1) is 21.8. The van der Waals surface area contributed by atoms with Crippen LogP contribution >= 0.6 is 0 Å². The third kappa shape index (κ3) is 9.01. The molecule has 2 aliphatic rings. The summed E-state index contributed by atoms with van der Waals surface area (Å²) in [5.74, 6) is 1.47. The van der Waals surface area contributed by atoms with Crippen molar-refractivity contribution in [3.63, 3.8) is 0 Å². The van der Waals surface area contributed by atoms with Crippen LogP contribution in [0.5, 0.6) is 11.5 Å². The van der Waals surface area contributed by atoms with Crippen molar-refractivity contribution >= 4 is 0 Å². The molecular weight excluding hydrogens is 576 g/mol. The summed E-state index contributed by atoms with van der Waals surface area (Å²) >= 11 is 0. The first kappa shape index (κ1) is 35.7. The predicted molar refractivity (Wildman–Crippen MR) is 185 cm³/mol. The van der Waals surface area contributed by atoms with Crippen LogP contribution in [0.4, 0.5) is 0 Å². The number of benzene rings is 2. The van der Waals surface area contributed by atoms with E-state index >= 15 is 0 Å². The lowest BCUT2D eigenvalue weighted by Gasteiger charge is -2.36. The highest BCUT2D eigenvalue weighted by atomic mass is 16.7.